The van der Waals surface area contributed by atoms with Crippen LogP contribution in [0.4, 0.5) is 11.5 Å². The maximum absolute atomic E-state index is 5.81. The van der Waals surface area contributed by atoms with Crippen LogP contribution in [0.5, 0.6) is 0 Å². The lowest BCUT2D eigenvalue weighted by molar-refractivity contribution is 0.747. The summed E-state index contributed by atoms with van der Waals surface area (Å²) in [4.78, 5) is 4.18. The Hall–Kier alpha value is -1.56. The molecule has 0 radical (unpaired) electrons. The number of rotatable bonds is 3. The van der Waals surface area contributed by atoms with Gasteiger partial charge < -0.3 is 11.1 Å². The average Bonchev–Trinajstić information content (AvgIpc) is 2.63. The van der Waals surface area contributed by atoms with E-state index in [-0.39, 0.29) is 0 Å². The first-order valence-electron chi connectivity index (χ1n) is 4.78. The molecule has 2 aromatic rings. The van der Waals surface area contributed by atoms with E-state index in [0.717, 1.165) is 10.2 Å². The first-order valence-corrected chi connectivity index (χ1v) is 5.58. The Morgan fingerprint density at radius 1 is 1.56 bits per heavy atom. The van der Waals surface area contributed by atoms with Gasteiger partial charge in [0.1, 0.15) is 5.82 Å². The third-order valence-corrected chi connectivity index (χ3v) is 2.52. The van der Waals surface area contributed by atoms with Crippen LogP contribution in [0.15, 0.2) is 29.0 Å². The summed E-state index contributed by atoms with van der Waals surface area (Å²) >= 11 is 3.31. The molecule has 0 aliphatic carbocycles. The number of aryl methyl sites for hydroxylation is 1. The van der Waals surface area contributed by atoms with E-state index in [4.69, 9.17) is 5.73 Å². The highest BCUT2D eigenvalue weighted by molar-refractivity contribution is 9.10. The van der Waals surface area contributed by atoms with E-state index in [1.54, 1.807) is 10.9 Å². The van der Waals surface area contributed by atoms with E-state index in [9.17, 15) is 0 Å². The molecule has 0 atom stereocenters. The maximum atomic E-state index is 5.81. The zero-order valence-electron chi connectivity index (χ0n) is 8.81. The molecule has 0 aliphatic rings. The molecular formula is C10H12BrN5. The fraction of sp³-hybridized carbons (Fsp3) is 0.200. The molecule has 0 bridgehead atoms. The van der Waals surface area contributed by atoms with Crippen LogP contribution in [0.3, 0.4) is 0 Å². The molecule has 6 heteroatoms. The fourth-order valence-electron chi connectivity index (χ4n) is 1.33. The number of nitrogens with zero attached hydrogens (tertiary/aromatic N) is 3. The van der Waals surface area contributed by atoms with Crippen molar-refractivity contribution in [2.24, 2.45) is 7.05 Å². The molecule has 0 saturated heterocycles. The van der Waals surface area contributed by atoms with E-state index in [1.165, 1.54) is 0 Å². The van der Waals surface area contributed by atoms with Gasteiger partial charge in [-0.25, -0.2) is 4.98 Å². The molecule has 0 fully saturated rings. The van der Waals surface area contributed by atoms with Crippen molar-refractivity contribution in [3.63, 3.8) is 0 Å². The third kappa shape index (κ3) is 2.52. The minimum Gasteiger partial charge on any atom is -0.396 e. The molecule has 3 N–H and O–H groups in total. The van der Waals surface area contributed by atoms with Gasteiger partial charge in [0.2, 0.25) is 0 Å². The number of nitrogen functional groups attached to an aromatic ring is 1. The van der Waals surface area contributed by atoms with Gasteiger partial charge in [0, 0.05) is 23.9 Å². The highest BCUT2D eigenvalue weighted by atomic mass is 79.9. The molecule has 2 aromatic heterocycles. The van der Waals surface area contributed by atoms with Gasteiger partial charge in [0.15, 0.2) is 0 Å². The van der Waals surface area contributed by atoms with Gasteiger partial charge in [-0.15, -0.1) is 0 Å². The van der Waals surface area contributed by atoms with Crippen molar-refractivity contribution in [3.8, 4) is 0 Å². The van der Waals surface area contributed by atoms with Crippen molar-refractivity contribution >= 4 is 27.4 Å². The standard InChI is InChI=1S/C10H12BrN5/c1-16-3-2-8(15-16)6-14-10-9(12)4-7(11)5-13-10/h2-5H,6,12H2,1H3,(H,13,14). The van der Waals surface area contributed by atoms with Crippen LogP contribution in [0.1, 0.15) is 5.69 Å². The molecule has 0 saturated carbocycles. The highest BCUT2D eigenvalue weighted by Gasteiger charge is 2.02. The molecule has 0 aromatic carbocycles. The zero-order chi connectivity index (χ0) is 11.5. The number of pyridine rings is 1. The molecular weight excluding hydrogens is 270 g/mol. The average molecular weight is 282 g/mol. The van der Waals surface area contributed by atoms with E-state index >= 15 is 0 Å². The number of nitrogens with two attached hydrogens (primary N) is 1. The van der Waals surface area contributed by atoms with Crippen molar-refractivity contribution in [2.75, 3.05) is 11.1 Å². The van der Waals surface area contributed by atoms with Gasteiger partial charge >= 0.3 is 0 Å². The van der Waals surface area contributed by atoms with E-state index in [1.807, 2.05) is 25.4 Å². The number of aromatic nitrogens is 3. The summed E-state index contributed by atoms with van der Waals surface area (Å²) in [5.41, 5.74) is 7.38. The minimum atomic E-state index is 0.611. The summed E-state index contributed by atoms with van der Waals surface area (Å²) in [6, 6.07) is 3.76. The highest BCUT2D eigenvalue weighted by Crippen LogP contribution is 2.20. The summed E-state index contributed by atoms with van der Waals surface area (Å²) < 4.78 is 2.63. The molecule has 2 heterocycles. The summed E-state index contributed by atoms with van der Waals surface area (Å²) in [6.45, 7) is 0.611. The summed E-state index contributed by atoms with van der Waals surface area (Å²) in [5, 5.41) is 7.39. The predicted octanol–water partition coefficient (Wildman–Crippen LogP) is 1.77. The Morgan fingerprint density at radius 3 is 3.00 bits per heavy atom. The van der Waals surface area contributed by atoms with Crippen LogP contribution in [0.25, 0.3) is 0 Å². The van der Waals surface area contributed by atoms with Crippen molar-refractivity contribution in [3.05, 3.63) is 34.7 Å². The number of hydrogen-bond acceptors (Lipinski definition) is 4. The largest absolute Gasteiger partial charge is 0.396 e. The predicted molar refractivity (Wildman–Crippen MR) is 66.9 cm³/mol. The topological polar surface area (TPSA) is 68.8 Å². The first-order chi connectivity index (χ1) is 7.65. The van der Waals surface area contributed by atoms with Crippen LogP contribution >= 0.6 is 15.9 Å². The van der Waals surface area contributed by atoms with Gasteiger partial charge in [-0.1, -0.05) is 0 Å². The molecule has 2 rings (SSSR count). The lowest BCUT2D eigenvalue weighted by atomic mass is 10.3. The van der Waals surface area contributed by atoms with Gasteiger partial charge in [0.05, 0.1) is 17.9 Å². The SMILES string of the molecule is Cn1ccc(CNc2ncc(Br)cc2N)n1. The molecule has 84 valence electrons. The summed E-state index contributed by atoms with van der Waals surface area (Å²) in [7, 11) is 1.88. The molecule has 0 amide bonds. The molecule has 16 heavy (non-hydrogen) atoms. The second-order valence-corrected chi connectivity index (χ2v) is 4.34. The van der Waals surface area contributed by atoms with Crippen molar-refractivity contribution in [2.45, 2.75) is 6.54 Å². The quantitative estimate of drug-likeness (QED) is 0.900. The van der Waals surface area contributed by atoms with E-state index in [0.29, 0.717) is 18.1 Å². The Bertz CT molecular complexity index is 494. The number of halogens is 1. The van der Waals surface area contributed by atoms with Crippen molar-refractivity contribution < 1.29 is 0 Å². The zero-order valence-corrected chi connectivity index (χ0v) is 10.4. The number of anilines is 2. The molecule has 5 nitrogen and oxygen atoms in total. The van der Waals surface area contributed by atoms with Gasteiger partial charge in [-0.3, -0.25) is 4.68 Å². The summed E-state index contributed by atoms with van der Waals surface area (Å²) in [5.74, 6) is 0.675. The van der Waals surface area contributed by atoms with Crippen LogP contribution in [0.2, 0.25) is 0 Å². The first kappa shape index (κ1) is 10.9. The normalized spacial score (nSPS) is 10.4. The van der Waals surface area contributed by atoms with Crippen molar-refractivity contribution in [1.29, 1.82) is 0 Å². The lowest BCUT2D eigenvalue weighted by Crippen LogP contribution is -2.05. The molecule has 0 aliphatic heterocycles. The number of nitrogens with one attached hydrogen (secondary N) is 1. The monoisotopic (exact) mass is 281 g/mol. The summed E-state index contributed by atoms with van der Waals surface area (Å²) in [6.07, 6.45) is 3.60. The maximum Gasteiger partial charge on any atom is 0.149 e. The second-order valence-electron chi connectivity index (χ2n) is 3.43. The smallest absolute Gasteiger partial charge is 0.149 e. The van der Waals surface area contributed by atoms with E-state index in [2.05, 4.69) is 31.3 Å². The van der Waals surface area contributed by atoms with Crippen LogP contribution in [0, 0.1) is 0 Å². The van der Waals surface area contributed by atoms with Crippen LogP contribution < -0.4 is 11.1 Å². The van der Waals surface area contributed by atoms with Crippen LogP contribution in [-0.2, 0) is 13.6 Å². The molecule has 0 spiro atoms. The molecule has 0 unspecified atom stereocenters. The van der Waals surface area contributed by atoms with Crippen LogP contribution in [-0.4, -0.2) is 14.8 Å². The van der Waals surface area contributed by atoms with E-state index < -0.39 is 0 Å². The third-order valence-electron chi connectivity index (χ3n) is 2.09. The Labute approximate surface area is 102 Å². The van der Waals surface area contributed by atoms with Gasteiger partial charge in [-0.2, -0.15) is 5.10 Å². The minimum absolute atomic E-state index is 0.611. The Kier molecular flexibility index (Phi) is 3.09. The Morgan fingerprint density at radius 2 is 2.38 bits per heavy atom. The van der Waals surface area contributed by atoms with Gasteiger partial charge in [-0.05, 0) is 28.1 Å². The second kappa shape index (κ2) is 4.52. The number of hydrogen-bond donors (Lipinski definition) is 2. The lowest BCUT2D eigenvalue weighted by Gasteiger charge is -2.06. The van der Waals surface area contributed by atoms with Gasteiger partial charge in [0.25, 0.3) is 0 Å². The van der Waals surface area contributed by atoms with Crippen molar-refractivity contribution in [1.82, 2.24) is 14.8 Å². The Balaban J connectivity index is 2.04. The fourth-order valence-corrected chi connectivity index (χ4v) is 1.68.